The van der Waals surface area contributed by atoms with Gasteiger partial charge < -0.3 is 25.5 Å². The van der Waals surface area contributed by atoms with Crippen molar-refractivity contribution in [3.63, 3.8) is 0 Å². The first-order chi connectivity index (χ1) is 15.1. The van der Waals surface area contributed by atoms with E-state index in [1.165, 1.54) is 12.1 Å². The summed E-state index contributed by atoms with van der Waals surface area (Å²) in [7, 11) is 0. The van der Waals surface area contributed by atoms with Gasteiger partial charge in [0.15, 0.2) is 5.96 Å². The number of piperazine rings is 1. The molecule has 174 valence electrons. The van der Waals surface area contributed by atoms with Crippen molar-refractivity contribution in [2.75, 3.05) is 50.7 Å². The summed E-state index contributed by atoms with van der Waals surface area (Å²) in [5.74, 6) is 0.707. The number of rotatable bonds is 7. The maximum atomic E-state index is 13.0. The van der Waals surface area contributed by atoms with E-state index in [0.29, 0.717) is 18.8 Å². The standard InChI is InChI=1S/C23H30FN5O2.HI/c1-2-25-23(27-12-11-26-22(31)17-18-7-9-19(24)10-8-18)29-15-13-28(14-16-29)20-5-3-4-6-21(20)30;/h3-10,30H,2,11-17H2,1H3,(H,25,27)(H,26,31);1H. The molecule has 2 aromatic rings. The smallest absolute Gasteiger partial charge is 0.224 e. The van der Waals surface area contributed by atoms with E-state index in [1.807, 2.05) is 25.1 Å². The minimum Gasteiger partial charge on any atom is -0.506 e. The number of aliphatic imine (C=N–C) groups is 1. The van der Waals surface area contributed by atoms with Gasteiger partial charge in [0.1, 0.15) is 11.6 Å². The predicted molar refractivity (Wildman–Crippen MR) is 136 cm³/mol. The number of guanidine groups is 1. The summed E-state index contributed by atoms with van der Waals surface area (Å²) in [6.45, 7) is 6.85. The lowest BCUT2D eigenvalue weighted by Gasteiger charge is -2.37. The van der Waals surface area contributed by atoms with Gasteiger partial charge in [0.2, 0.25) is 5.91 Å². The highest BCUT2D eigenvalue weighted by Gasteiger charge is 2.21. The maximum absolute atomic E-state index is 13.0. The van der Waals surface area contributed by atoms with Crippen LogP contribution in [-0.4, -0.2) is 67.7 Å². The van der Waals surface area contributed by atoms with Crippen molar-refractivity contribution in [2.45, 2.75) is 13.3 Å². The van der Waals surface area contributed by atoms with Crippen LogP contribution in [0.25, 0.3) is 0 Å². The van der Waals surface area contributed by atoms with Crippen LogP contribution in [0.4, 0.5) is 10.1 Å². The van der Waals surface area contributed by atoms with Gasteiger partial charge in [-0.1, -0.05) is 24.3 Å². The number of phenolic OH excluding ortho intramolecular Hbond substituents is 1. The summed E-state index contributed by atoms with van der Waals surface area (Å²) in [6, 6.07) is 13.3. The quantitative estimate of drug-likeness (QED) is 0.212. The fourth-order valence-electron chi connectivity index (χ4n) is 3.52. The van der Waals surface area contributed by atoms with Gasteiger partial charge >= 0.3 is 0 Å². The summed E-state index contributed by atoms with van der Waals surface area (Å²) in [5.41, 5.74) is 1.63. The summed E-state index contributed by atoms with van der Waals surface area (Å²) in [6.07, 6.45) is 0.221. The number of hydrogen-bond donors (Lipinski definition) is 3. The van der Waals surface area contributed by atoms with Crippen LogP contribution in [0.15, 0.2) is 53.5 Å². The molecule has 0 atom stereocenters. The zero-order valence-electron chi connectivity index (χ0n) is 18.3. The first-order valence-corrected chi connectivity index (χ1v) is 10.6. The number of benzene rings is 2. The van der Waals surface area contributed by atoms with Gasteiger partial charge in [0.05, 0.1) is 18.7 Å². The highest BCUT2D eigenvalue weighted by Crippen LogP contribution is 2.27. The van der Waals surface area contributed by atoms with Gasteiger partial charge in [0.25, 0.3) is 0 Å². The Morgan fingerprint density at radius 2 is 1.75 bits per heavy atom. The molecule has 1 amide bonds. The predicted octanol–water partition coefficient (Wildman–Crippen LogP) is 2.60. The third-order valence-electron chi connectivity index (χ3n) is 5.11. The number of nitrogens with one attached hydrogen (secondary N) is 2. The second-order valence-corrected chi connectivity index (χ2v) is 7.35. The molecule has 3 rings (SSSR count). The molecule has 1 aliphatic heterocycles. The molecule has 0 unspecified atom stereocenters. The SMILES string of the molecule is CCNC(=NCCNC(=O)Cc1ccc(F)cc1)N1CCN(c2ccccc2O)CC1.I. The molecule has 7 nitrogen and oxygen atoms in total. The average molecular weight is 555 g/mol. The van der Waals surface area contributed by atoms with E-state index in [9.17, 15) is 14.3 Å². The van der Waals surface area contributed by atoms with Crippen molar-refractivity contribution in [3.8, 4) is 5.75 Å². The molecule has 0 radical (unpaired) electrons. The molecule has 0 spiro atoms. The molecule has 1 aliphatic rings. The van der Waals surface area contributed by atoms with Gasteiger partial charge in [-0.2, -0.15) is 0 Å². The van der Waals surface area contributed by atoms with Crippen molar-refractivity contribution < 1.29 is 14.3 Å². The number of carbonyl (C=O) groups is 1. The largest absolute Gasteiger partial charge is 0.506 e. The second-order valence-electron chi connectivity index (χ2n) is 7.35. The summed E-state index contributed by atoms with van der Waals surface area (Å²) < 4.78 is 13.0. The lowest BCUT2D eigenvalue weighted by Crippen LogP contribution is -2.52. The Balaban J connectivity index is 0.00000363. The van der Waals surface area contributed by atoms with E-state index in [2.05, 4.69) is 25.4 Å². The molecule has 0 aromatic heterocycles. The van der Waals surface area contributed by atoms with Crippen LogP contribution in [0.5, 0.6) is 5.75 Å². The Labute approximate surface area is 205 Å². The Bertz CT molecular complexity index is 886. The summed E-state index contributed by atoms with van der Waals surface area (Å²) >= 11 is 0. The molecule has 0 saturated carbocycles. The van der Waals surface area contributed by atoms with Crippen molar-refractivity contribution in [3.05, 3.63) is 59.9 Å². The van der Waals surface area contributed by atoms with E-state index in [-0.39, 0.29) is 42.1 Å². The van der Waals surface area contributed by atoms with Gasteiger partial charge in [0, 0.05) is 39.3 Å². The van der Waals surface area contributed by atoms with Gasteiger partial charge in [-0.25, -0.2) is 4.39 Å². The van der Waals surface area contributed by atoms with Gasteiger partial charge in [-0.3, -0.25) is 9.79 Å². The zero-order chi connectivity index (χ0) is 22.1. The number of anilines is 1. The average Bonchev–Trinajstić information content (AvgIpc) is 2.78. The van der Waals surface area contributed by atoms with E-state index < -0.39 is 0 Å². The van der Waals surface area contributed by atoms with Crippen LogP contribution in [0, 0.1) is 5.82 Å². The highest BCUT2D eigenvalue weighted by atomic mass is 127. The van der Waals surface area contributed by atoms with Crippen molar-refractivity contribution in [1.29, 1.82) is 0 Å². The molecule has 1 heterocycles. The number of phenols is 1. The van der Waals surface area contributed by atoms with Crippen molar-refractivity contribution in [1.82, 2.24) is 15.5 Å². The second kappa shape index (κ2) is 13.1. The first-order valence-electron chi connectivity index (χ1n) is 10.6. The summed E-state index contributed by atoms with van der Waals surface area (Å²) in [4.78, 5) is 21.1. The topological polar surface area (TPSA) is 80.2 Å². The Morgan fingerprint density at radius 1 is 1.06 bits per heavy atom. The Hall–Kier alpha value is -2.56. The van der Waals surface area contributed by atoms with Crippen LogP contribution in [0.1, 0.15) is 12.5 Å². The van der Waals surface area contributed by atoms with E-state index in [0.717, 1.165) is 49.9 Å². The Morgan fingerprint density at radius 3 is 2.41 bits per heavy atom. The monoisotopic (exact) mass is 555 g/mol. The maximum Gasteiger partial charge on any atom is 0.224 e. The number of nitrogens with zero attached hydrogens (tertiary/aromatic N) is 3. The minimum atomic E-state index is -0.309. The number of para-hydroxylation sites is 2. The number of halogens is 2. The third-order valence-corrected chi connectivity index (χ3v) is 5.11. The number of carbonyl (C=O) groups excluding carboxylic acids is 1. The molecule has 1 fully saturated rings. The molecule has 1 saturated heterocycles. The summed E-state index contributed by atoms with van der Waals surface area (Å²) in [5, 5.41) is 16.2. The fourth-order valence-corrected chi connectivity index (χ4v) is 3.52. The van der Waals surface area contributed by atoms with Gasteiger partial charge in [-0.05, 0) is 36.8 Å². The molecule has 2 aromatic carbocycles. The molecule has 0 aliphatic carbocycles. The minimum absolute atomic E-state index is 0. The number of aromatic hydroxyl groups is 1. The first kappa shape index (κ1) is 25.7. The van der Waals surface area contributed by atoms with Crippen LogP contribution in [-0.2, 0) is 11.2 Å². The molecule has 3 N–H and O–H groups in total. The molecule has 9 heteroatoms. The van der Waals surface area contributed by atoms with Crippen LogP contribution < -0.4 is 15.5 Å². The Kier molecular flexibility index (Phi) is 10.5. The lowest BCUT2D eigenvalue weighted by atomic mass is 10.1. The normalized spacial score (nSPS) is 14.0. The highest BCUT2D eigenvalue weighted by molar-refractivity contribution is 14.0. The van der Waals surface area contributed by atoms with Gasteiger partial charge in [-0.15, -0.1) is 24.0 Å². The van der Waals surface area contributed by atoms with Crippen LogP contribution in [0.2, 0.25) is 0 Å². The van der Waals surface area contributed by atoms with E-state index in [4.69, 9.17) is 0 Å². The van der Waals surface area contributed by atoms with Crippen molar-refractivity contribution >= 4 is 41.5 Å². The van der Waals surface area contributed by atoms with E-state index >= 15 is 0 Å². The molecule has 0 bridgehead atoms. The number of amides is 1. The van der Waals surface area contributed by atoms with Crippen LogP contribution >= 0.6 is 24.0 Å². The molecular formula is C23H31FIN5O2. The molecular weight excluding hydrogens is 524 g/mol. The van der Waals surface area contributed by atoms with Crippen LogP contribution in [0.3, 0.4) is 0 Å². The molecule has 32 heavy (non-hydrogen) atoms. The fraction of sp³-hybridized carbons (Fsp3) is 0.391. The zero-order valence-corrected chi connectivity index (χ0v) is 20.6. The number of hydrogen-bond acceptors (Lipinski definition) is 4. The van der Waals surface area contributed by atoms with E-state index in [1.54, 1.807) is 18.2 Å². The third kappa shape index (κ3) is 7.54. The lowest BCUT2D eigenvalue weighted by molar-refractivity contribution is -0.120. The van der Waals surface area contributed by atoms with Crippen molar-refractivity contribution in [2.24, 2.45) is 4.99 Å².